The molecule has 2 N–H and O–H groups in total. The van der Waals surface area contributed by atoms with Crippen LogP contribution in [0.15, 0.2) is 18.2 Å². The van der Waals surface area contributed by atoms with Crippen molar-refractivity contribution in [3.63, 3.8) is 0 Å². The minimum Gasteiger partial charge on any atom is -0.330 e. The second-order valence-corrected chi connectivity index (χ2v) is 7.54. The number of hydrogen-bond donors (Lipinski definition) is 2. The topological polar surface area (TPSA) is 61.4 Å². The van der Waals surface area contributed by atoms with Gasteiger partial charge in [0.2, 0.25) is 11.8 Å². The molecule has 0 spiro atoms. The summed E-state index contributed by atoms with van der Waals surface area (Å²) >= 11 is 12.0. The average molecular weight is 421 g/mol. The Morgan fingerprint density at radius 2 is 1.96 bits per heavy atom. The van der Waals surface area contributed by atoms with Crippen LogP contribution in [0.5, 0.6) is 0 Å². The lowest BCUT2D eigenvalue weighted by molar-refractivity contribution is -0.144. The fourth-order valence-corrected chi connectivity index (χ4v) is 4.03. The Balaban J connectivity index is 0.00000243. The van der Waals surface area contributed by atoms with Crippen molar-refractivity contribution < 1.29 is 9.59 Å². The van der Waals surface area contributed by atoms with Crippen molar-refractivity contribution >= 4 is 53.1 Å². The highest BCUT2D eigenvalue weighted by Gasteiger charge is 2.35. The molecule has 2 unspecified atom stereocenters. The van der Waals surface area contributed by atoms with Gasteiger partial charge in [-0.2, -0.15) is 0 Å². The third kappa shape index (κ3) is 5.03. The van der Waals surface area contributed by atoms with Crippen molar-refractivity contribution in [2.24, 2.45) is 5.92 Å². The Kier molecular flexibility index (Phi) is 8.02. The Morgan fingerprint density at radius 1 is 1.15 bits per heavy atom. The normalized spacial score (nSPS) is 23.1. The molecule has 0 aliphatic carbocycles. The van der Waals surface area contributed by atoms with E-state index in [1.54, 1.807) is 23.1 Å². The first-order valence-electron chi connectivity index (χ1n) is 8.83. The number of hydrogen-bond acceptors (Lipinski definition) is 3. The minimum absolute atomic E-state index is 0. The van der Waals surface area contributed by atoms with E-state index >= 15 is 0 Å². The molecule has 2 atom stereocenters. The standard InChI is InChI=1S/C18H23Cl2N3O2.ClH/c19-13-6-7-15(14(20)10-13)22-17(24)16-5-1-2-9-23(16)18(25)12-4-3-8-21-11-12;/h6-7,10,12,16,21H,1-5,8-9,11H2,(H,22,24);1H. The summed E-state index contributed by atoms with van der Waals surface area (Å²) < 4.78 is 0. The van der Waals surface area contributed by atoms with Gasteiger partial charge in [-0.25, -0.2) is 0 Å². The fourth-order valence-electron chi connectivity index (χ4n) is 3.57. The molecule has 26 heavy (non-hydrogen) atoms. The monoisotopic (exact) mass is 419 g/mol. The van der Waals surface area contributed by atoms with E-state index in [9.17, 15) is 9.59 Å². The van der Waals surface area contributed by atoms with Crippen molar-refractivity contribution in [2.45, 2.75) is 38.1 Å². The fraction of sp³-hybridized carbons (Fsp3) is 0.556. The number of piperidine rings is 2. The van der Waals surface area contributed by atoms with Gasteiger partial charge in [0.1, 0.15) is 6.04 Å². The Hall–Kier alpha value is -1.01. The van der Waals surface area contributed by atoms with Gasteiger partial charge in [-0.15, -0.1) is 12.4 Å². The van der Waals surface area contributed by atoms with Gasteiger partial charge in [-0.1, -0.05) is 23.2 Å². The molecule has 0 saturated carbocycles. The number of halogens is 3. The van der Waals surface area contributed by atoms with Crippen LogP contribution in [-0.2, 0) is 9.59 Å². The average Bonchev–Trinajstić information content (AvgIpc) is 2.64. The second kappa shape index (κ2) is 9.79. The molecule has 3 rings (SSSR count). The number of anilines is 1. The molecule has 2 fully saturated rings. The summed E-state index contributed by atoms with van der Waals surface area (Å²) in [4.78, 5) is 27.4. The molecule has 2 heterocycles. The van der Waals surface area contributed by atoms with Crippen molar-refractivity contribution in [1.29, 1.82) is 0 Å². The Morgan fingerprint density at radius 3 is 2.65 bits per heavy atom. The van der Waals surface area contributed by atoms with Crippen LogP contribution in [-0.4, -0.2) is 42.4 Å². The number of carbonyl (C=O) groups excluding carboxylic acids is 2. The smallest absolute Gasteiger partial charge is 0.247 e. The van der Waals surface area contributed by atoms with E-state index in [4.69, 9.17) is 23.2 Å². The number of benzene rings is 1. The van der Waals surface area contributed by atoms with Crippen LogP contribution >= 0.6 is 35.6 Å². The lowest BCUT2D eigenvalue weighted by Gasteiger charge is -2.37. The number of nitrogens with zero attached hydrogens (tertiary/aromatic N) is 1. The maximum atomic E-state index is 12.9. The van der Waals surface area contributed by atoms with E-state index < -0.39 is 6.04 Å². The lowest BCUT2D eigenvalue weighted by Crippen LogP contribution is -2.53. The van der Waals surface area contributed by atoms with Gasteiger partial charge in [0.05, 0.1) is 16.6 Å². The van der Waals surface area contributed by atoms with Crippen molar-refractivity contribution in [1.82, 2.24) is 10.2 Å². The highest BCUT2D eigenvalue weighted by atomic mass is 35.5. The molecule has 0 radical (unpaired) electrons. The van der Waals surface area contributed by atoms with Gasteiger partial charge in [0.15, 0.2) is 0 Å². The van der Waals surface area contributed by atoms with E-state index in [1.807, 2.05) is 0 Å². The van der Waals surface area contributed by atoms with Gasteiger partial charge >= 0.3 is 0 Å². The molecule has 8 heteroatoms. The number of rotatable bonds is 3. The summed E-state index contributed by atoms with van der Waals surface area (Å²) in [7, 11) is 0. The Bertz CT molecular complexity index is 651. The molecular formula is C18H24Cl3N3O2. The molecule has 0 aromatic heterocycles. The summed E-state index contributed by atoms with van der Waals surface area (Å²) in [6.07, 6.45) is 4.46. The molecule has 2 aliphatic heterocycles. The predicted octanol–water partition coefficient (Wildman–Crippen LogP) is 3.73. The highest BCUT2D eigenvalue weighted by molar-refractivity contribution is 6.36. The Labute approximate surface area is 170 Å². The van der Waals surface area contributed by atoms with Crippen molar-refractivity contribution in [3.05, 3.63) is 28.2 Å². The first-order chi connectivity index (χ1) is 12.1. The summed E-state index contributed by atoms with van der Waals surface area (Å²) in [5.74, 6) is -0.114. The van der Waals surface area contributed by atoms with E-state index in [-0.39, 0.29) is 30.1 Å². The summed E-state index contributed by atoms with van der Waals surface area (Å²) in [5, 5.41) is 7.04. The van der Waals surface area contributed by atoms with E-state index in [0.29, 0.717) is 35.2 Å². The zero-order valence-corrected chi connectivity index (χ0v) is 16.8. The van der Waals surface area contributed by atoms with E-state index in [0.717, 1.165) is 32.2 Å². The van der Waals surface area contributed by atoms with Crippen molar-refractivity contribution in [3.8, 4) is 0 Å². The minimum atomic E-state index is -0.435. The van der Waals surface area contributed by atoms with Crippen molar-refractivity contribution in [2.75, 3.05) is 25.0 Å². The zero-order valence-electron chi connectivity index (χ0n) is 14.5. The van der Waals surface area contributed by atoms with E-state index in [1.165, 1.54) is 0 Å². The third-order valence-electron chi connectivity index (χ3n) is 4.92. The number of amides is 2. The van der Waals surface area contributed by atoms with Crippen LogP contribution in [0.2, 0.25) is 10.0 Å². The molecule has 2 saturated heterocycles. The maximum Gasteiger partial charge on any atom is 0.247 e. The highest BCUT2D eigenvalue weighted by Crippen LogP contribution is 2.27. The van der Waals surface area contributed by atoms with Crippen LogP contribution < -0.4 is 10.6 Å². The van der Waals surface area contributed by atoms with Gasteiger partial charge < -0.3 is 15.5 Å². The van der Waals surface area contributed by atoms with Gasteiger partial charge in [-0.3, -0.25) is 9.59 Å². The molecular weight excluding hydrogens is 397 g/mol. The zero-order chi connectivity index (χ0) is 17.8. The van der Waals surface area contributed by atoms with Crippen LogP contribution in [0, 0.1) is 5.92 Å². The van der Waals surface area contributed by atoms with Gasteiger partial charge in [0.25, 0.3) is 0 Å². The van der Waals surface area contributed by atoms with Crippen LogP contribution in [0.4, 0.5) is 5.69 Å². The number of nitrogens with one attached hydrogen (secondary N) is 2. The SMILES string of the molecule is Cl.O=C(Nc1ccc(Cl)cc1Cl)C1CCCCN1C(=O)C1CCCNC1. The number of carbonyl (C=O) groups is 2. The summed E-state index contributed by atoms with van der Waals surface area (Å²) in [6.45, 7) is 2.30. The van der Waals surface area contributed by atoms with Crippen LogP contribution in [0.25, 0.3) is 0 Å². The van der Waals surface area contributed by atoms with Gasteiger partial charge in [-0.05, 0) is 56.8 Å². The first kappa shape index (κ1) is 21.3. The van der Waals surface area contributed by atoms with Gasteiger partial charge in [0, 0.05) is 18.1 Å². The molecule has 144 valence electrons. The lowest BCUT2D eigenvalue weighted by atomic mass is 9.94. The molecule has 1 aromatic carbocycles. The molecule has 2 aliphatic rings. The number of likely N-dealkylation sites (tertiary alicyclic amines) is 1. The molecule has 2 amide bonds. The first-order valence-corrected chi connectivity index (χ1v) is 9.59. The van der Waals surface area contributed by atoms with Crippen LogP contribution in [0.3, 0.4) is 0 Å². The maximum absolute atomic E-state index is 12.9. The molecule has 0 bridgehead atoms. The van der Waals surface area contributed by atoms with E-state index in [2.05, 4.69) is 10.6 Å². The van der Waals surface area contributed by atoms with Crippen LogP contribution in [0.1, 0.15) is 32.1 Å². The molecule has 1 aromatic rings. The second-order valence-electron chi connectivity index (χ2n) is 6.70. The summed E-state index contributed by atoms with van der Waals surface area (Å²) in [6, 6.07) is 4.52. The largest absolute Gasteiger partial charge is 0.330 e. The predicted molar refractivity (Wildman–Crippen MR) is 107 cm³/mol. The quantitative estimate of drug-likeness (QED) is 0.783. The third-order valence-corrected chi connectivity index (χ3v) is 5.47. The summed E-state index contributed by atoms with van der Waals surface area (Å²) in [5.41, 5.74) is 0.522. The molecule has 5 nitrogen and oxygen atoms in total.